The van der Waals surface area contributed by atoms with Gasteiger partial charge in [0.05, 0.1) is 24.5 Å². The van der Waals surface area contributed by atoms with Crippen molar-refractivity contribution in [2.75, 3.05) is 47.7 Å². The number of benzene rings is 4. The Morgan fingerprint density at radius 2 is 1.24 bits per heavy atom. The number of carbonyl (C=O) groups is 2. The molecule has 0 fully saturated rings. The van der Waals surface area contributed by atoms with E-state index in [9.17, 15) is 33.7 Å². The SMILES string of the molecule is O=C(CNCC(=O)N1C[C@@H](CCl)c2c1cc(OP(=O)(O)O)c1ccccc21)N1C[C@@H](CCl)c2c1cc(OP(O)O)c1ccccc21. The van der Waals surface area contributed by atoms with E-state index >= 15 is 0 Å². The van der Waals surface area contributed by atoms with Gasteiger partial charge in [0.1, 0.15) is 11.5 Å². The highest BCUT2D eigenvalue weighted by Gasteiger charge is 2.37. The summed E-state index contributed by atoms with van der Waals surface area (Å²) in [6.45, 7) is 0.119. The van der Waals surface area contributed by atoms with Gasteiger partial charge >= 0.3 is 16.4 Å². The summed E-state index contributed by atoms with van der Waals surface area (Å²) in [7, 11) is -7.60. The average molecular weight is 708 g/mol. The van der Waals surface area contributed by atoms with Crippen LogP contribution in [-0.4, -0.2) is 69.3 Å². The van der Waals surface area contributed by atoms with Crippen molar-refractivity contribution in [2.45, 2.75) is 11.8 Å². The second-order valence-electron chi connectivity index (χ2n) is 10.9. The minimum absolute atomic E-state index is 0.0637. The van der Waals surface area contributed by atoms with E-state index in [0.717, 1.165) is 16.5 Å². The smallest absolute Gasteiger partial charge is 0.426 e. The van der Waals surface area contributed by atoms with Crippen LogP contribution in [0, 0.1) is 0 Å². The fraction of sp³-hybridized carbons (Fsp3) is 0.267. The lowest BCUT2D eigenvalue weighted by atomic mass is 9.95. The van der Waals surface area contributed by atoms with Crippen molar-refractivity contribution in [3.05, 3.63) is 71.8 Å². The number of carbonyl (C=O) groups excluding carboxylic acids is 2. The molecule has 0 aromatic heterocycles. The van der Waals surface area contributed by atoms with Gasteiger partial charge in [-0.3, -0.25) is 24.7 Å². The lowest BCUT2D eigenvalue weighted by molar-refractivity contribution is -0.118. The van der Waals surface area contributed by atoms with E-state index in [1.807, 2.05) is 12.1 Å². The standard InChI is InChI=1S/C30H29Cl2N3O9P2/c31-11-17-15-34(23-9-25(43-45(38)39)19-5-1-3-7-21(19)29(17)23)27(36)13-33-14-28(37)35-16-18(12-32)30-22-8-4-2-6-20(22)26(10-24(30)35)44-46(40,41)42/h1-10,17-18,33,38-39H,11-16H2,(H2,40,41,42)/t17-,18-/m1/s1. The molecule has 0 radical (unpaired) electrons. The van der Waals surface area contributed by atoms with Crippen LogP contribution in [0.3, 0.4) is 0 Å². The summed E-state index contributed by atoms with van der Waals surface area (Å²) in [6.07, 6.45) is 0. The topological polar surface area (TPSA) is 169 Å². The van der Waals surface area contributed by atoms with Crippen LogP contribution in [0.4, 0.5) is 11.4 Å². The molecule has 2 aliphatic rings. The molecule has 0 saturated heterocycles. The van der Waals surface area contributed by atoms with Crippen LogP contribution in [0.2, 0.25) is 0 Å². The monoisotopic (exact) mass is 707 g/mol. The Hall–Kier alpha value is -3.02. The first-order chi connectivity index (χ1) is 22.0. The number of rotatable bonds is 10. The van der Waals surface area contributed by atoms with Crippen LogP contribution in [0.1, 0.15) is 23.0 Å². The van der Waals surface area contributed by atoms with E-state index in [4.69, 9.17) is 32.2 Å². The summed E-state index contributed by atoms with van der Waals surface area (Å²) in [5.74, 6) is -0.519. The summed E-state index contributed by atoms with van der Waals surface area (Å²) in [4.78, 5) is 68.2. The number of phosphoric ester groups is 1. The van der Waals surface area contributed by atoms with Crippen molar-refractivity contribution < 1.29 is 42.8 Å². The van der Waals surface area contributed by atoms with Crippen molar-refractivity contribution in [3.63, 3.8) is 0 Å². The maximum Gasteiger partial charge on any atom is 0.524 e. The van der Waals surface area contributed by atoms with Gasteiger partial charge in [0, 0.05) is 59.6 Å². The number of hydrogen-bond donors (Lipinski definition) is 5. The van der Waals surface area contributed by atoms with Crippen molar-refractivity contribution in [1.82, 2.24) is 5.32 Å². The summed E-state index contributed by atoms with van der Waals surface area (Å²) < 4.78 is 22.0. The molecule has 0 aliphatic carbocycles. The zero-order chi connectivity index (χ0) is 32.7. The first-order valence-corrected chi connectivity index (χ1v) is 17.9. The maximum atomic E-state index is 13.5. The summed E-state index contributed by atoms with van der Waals surface area (Å²) in [6, 6.07) is 17.3. The fourth-order valence-electron chi connectivity index (χ4n) is 6.38. The van der Waals surface area contributed by atoms with Gasteiger partial charge in [-0.2, -0.15) is 0 Å². The van der Waals surface area contributed by atoms with Gasteiger partial charge in [0.15, 0.2) is 0 Å². The molecule has 5 N–H and O–H groups in total. The molecule has 46 heavy (non-hydrogen) atoms. The van der Waals surface area contributed by atoms with E-state index in [0.29, 0.717) is 34.1 Å². The van der Waals surface area contributed by atoms with Crippen LogP contribution in [-0.2, 0) is 14.2 Å². The van der Waals surface area contributed by atoms with Gasteiger partial charge in [-0.25, -0.2) is 4.57 Å². The van der Waals surface area contributed by atoms with Crippen LogP contribution in [0.15, 0.2) is 60.7 Å². The predicted octanol–water partition coefficient (Wildman–Crippen LogP) is 4.68. The zero-order valence-corrected chi connectivity index (χ0v) is 27.3. The molecule has 12 nitrogen and oxygen atoms in total. The van der Waals surface area contributed by atoms with Crippen molar-refractivity contribution in [2.24, 2.45) is 0 Å². The number of nitrogens with zero attached hydrogens (tertiary/aromatic N) is 2. The second-order valence-corrected chi connectivity index (χ2v) is 13.4. The molecule has 4 aromatic carbocycles. The number of alkyl halides is 2. The molecule has 242 valence electrons. The van der Waals surface area contributed by atoms with Gasteiger partial charge in [-0.1, -0.05) is 48.5 Å². The Balaban J connectivity index is 1.22. The van der Waals surface area contributed by atoms with Crippen molar-refractivity contribution in [3.8, 4) is 11.5 Å². The molecule has 2 amide bonds. The Labute approximate surface area is 274 Å². The largest absolute Gasteiger partial charge is 0.524 e. The highest BCUT2D eigenvalue weighted by Crippen LogP contribution is 2.50. The minimum atomic E-state index is -4.90. The van der Waals surface area contributed by atoms with Crippen LogP contribution in [0.25, 0.3) is 21.5 Å². The summed E-state index contributed by atoms with van der Waals surface area (Å²) in [5, 5.41) is 5.52. The number of amides is 2. The van der Waals surface area contributed by atoms with Gasteiger partial charge in [-0.15, -0.1) is 23.2 Å². The number of fused-ring (bicyclic) bond motifs is 6. The number of hydrogen-bond acceptors (Lipinski definition) is 8. The highest BCUT2D eigenvalue weighted by molar-refractivity contribution is 7.46. The number of anilines is 2. The molecule has 0 bridgehead atoms. The molecular weight excluding hydrogens is 679 g/mol. The number of nitrogens with one attached hydrogen (secondary N) is 1. The Bertz CT molecular complexity index is 1890. The van der Waals surface area contributed by atoms with E-state index in [1.165, 1.54) is 11.0 Å². The summed E-state index contributed by atoms with van der Waals surface area (Å²) in [5.41, 5.74) is 2.59. The molecule has 2 heterocycles. The van der Waals surface area contributed by atoms with E-state index in [2.05, 4.69) is 5.32 Å². The first kappa shape index (κ1) is 32.9. The lowest BCUT2D eigenvalue weighted by Crippen LogP contribution is -2.43. The Kier molecular flexibility index (Phi) is 9.47. The predicted molar refractivity (Wildman–Crippen MR) is 177 cm³/mol. The maximum absolute atomic E-state index is 13.5. The van der Waals surface area contributed by atoms with Crippen LogP contribution < -0.4 is 24.2 Å². The quantitative estimate of drug-likeness (QED) is 0.115. The molecule has 2 atom stereocenters. The molecule has 16 heteroatoms. The molecule has 4 aromatic rings. The van der Waals surface area contributed by atoms with Gasteiger partial charge in [0.2, 0.25) is 11.8 Å². The van der Waals surface area contributed by atoms with E-state index < -0.39 is 16.4 Å². The van der Waals surface area contributed by atoms with E-state index in [-0.39, 0.29) is 66.5 Å². The molecule has 0 spiro atoms. The fourth-order valence-corrected chi connectivity index (χ4v) is 7.62. The molecule has 2 aliphatic heterocycles. The first-order valence-electron chi connectivity index (χ1n) is 14.2. The van der Waals surface area contributed by atoms with Crippen molar-refractivity contribution in [1.29, 1.82) is 0 Å². The Morgan fingerprint density at radius 3 is 1.67 bits per heavy atom. The second kappa shape index (κ2) is 13.2. The third-order valence-corrected chi connectivity index (χ3v) is 9.72. The third-order valence-electron chi connectivity index (χ3n) is 8.18. The molecular formula is C30H29Cl2N3O9P2. The molecule has 0 unspecified atom stereocenters. The van der Waals surface area contributed by atoms with Gasteiger partial charge in [0.25, 0.3) is 0 Å². The highest BCUT2D eigenvalue weighted by atomic mass is 35.5. The Morgan fingerprint density at radius 1 is 0.804 bits per heavy atom. The van der Waals surface area contributed by atoms with Gasteiger partial charge in [-0.05, 0) is 21.9 Å². The lowest BCUT2D eigenvalue weighted by Gasteiger charge is -2.21. The van der Waals surface area contributed by atoms with Crippen molar-refractivity contribution >= 4 is 84.4 Å². The average Bonchev–Trinajstić information content (AvgIpc) is 3.59. The number of halogens is 2. The zero-order valence-electron chi connectivity index (χ0n) is 24.0. The van der Waals surface area contributed by atoms with Crippen LogP contribution in [0.5, 0.6) is 11.5 Å². The van der Waals surface area contributed by atoms with Crippen LogP contribution >= 0.6 is 39.6 Å². The number of phosphoric acid groups is 1. The van der Waals surface area contributed by atoms with Gasteiger partial charge < -0.3 is 28.6 Å². The summed E-state index contributed by atoms with van der Waals surface area (Å²) >= 11 is 12.6. The minimum Gasteiger partial charge on any atom is -0.426 e. The normalized spacial score (nSPS) is 17.5. The third kappa shape index (κ3) is 6.30. The molecule has 6 rings (SSSR count). The van der Waals surface area contributed by atoms with E-state index in [1.54, 1.807) is 47.4 Å². The molecule has 0 saturated carbocycles.